The largest absolute Gasteiger partial charge is 0.310 e. The van der Waals surface area contributed by atoms with Crippen molar-refractivity contribution in [2.45, 2.75) is 64.7 Å². The zero-order valence-corrected chi connectivity index (χ0v) is 34.1. The third-order valence-corrected chi connectivity index (χ3v) is 13.0. The fourth-order valence-corrected chi connectivity index (χ4v) is 9.68. The lowest BCUT2D eigenvalue weighted by Crippen LogP contribution is -2.25. The molecule has 2 aliphatic carbocycles. The van der Waals surface area contributed by atoms with Gasteiger partial charge in [0.1, 0.15) is 0 Å². The molecule has 0 spiro atoms. The van der Waals surface area contributed by atoms with E-state index in [1.807, 2.05) is 0 Å². The summed E-state index contributed by atoms with van der Waals surface area (Å²) in [4.78, 5) is 2.49. The lowest BCUT2D eigenvalue weighted by Gasteiger charge is -2.36. The first-order chi connectivity index (χ1) is 27.4. The summed E-state index contributed by atoms with van der Waals surface area (Å²) in [7, 11) is 0. The van der Waals surface area contributed by atoms with Gasteiger partial charge < -0.3 is 4.90 Å². The summed E-state index contributed by atoms with van der Waals surface area (Å²) in [6, 6.07) is 63.6. The molecule has 1 nitrogen and oxygen atoms in total. The monoisotopic (exact) mass is 735 g/mol. The molecule has 0 fully saturated rings. The summed E-state index contributed by atoms with van der Waals surface area (Å²) in [5, 5.41) is 2.51. The zero-order valence-electron chi connectivity index (χ0n) is 34.1. The number of nitrogens with zero attached hydrogens (tertiary/aromatic N) is 1. The molecular weight excluding hydrogens is 687 g/mol. The van der Waals surface area contributed by atoms with Crippen molar-refractivity contribution in [1.82, 2.24) is 0 Å². The molecule has 278 valence electrons. The Morgan fingerprint density at radius 1 is 0.421 bits per heavy atom. The van der Waals surface area contributed by atoms with Crippen molar-refractivity contribution in [3.63, 3.8) is 0 Å². The highest BCUT2D eigenvalue weighted by Crippen LogP contribution is 2.59. The van der Waals surface area contributed by atoms with E-state index >= 15 is 0 Å². The third kappa shape index (κ3) is 5.51. The number of fused-ring (bicyclic) bond motifs is 4. The van der Waals surface area contributed by atoms with Gasteiger partial charge in [0.2, 0.25) is 0 Å². The highest BCUT2D eigenvalue weighted by molar-refractivity contribution is 6.02. The summed E-state index contributed by atoms with van der Waals surface area (Å²) >= 11 is 0. The Kier molecular flexibility index (Phi) is 7.83. The van der Waals surface area contributed by atoms with Gasteiger partial charge in [-0.2, -0.15) is 0 Å². The van der Waals surface area contributed by atoms with E-state index in [1.54, 1.807) is 0 Å². The highest BCUT2D eigenvalue weighted by Gasteiger charge is 2.43. The number of benzene rings is 8. The van der Waals surface area contributed by atoms with Crippen LogP contribution in [0.15, 0.2) is 170 Å². The van der Waals surface area contributed by atoms with Crippen LogP contribution in [-0.4, -0.2) is 0 Å². The predicted octanol–water partition coefficient (Wildman–Crippen LogP) is 15.6. The maximum atomic E-state index is 2.53. The first kappa shape index (κ1) is 35.2. The van der Waals surface area contributed by atoms with E-state index in [-0.39, 0.29) is 16.2 Å². The SMILES string of the molecule is CC(C)(C)c1cc2c3c(c1)C(C)(C)c1cccc(c1-3)-c1cc(ccc1N(c1ccc(-c3ccccc3)cc1)c1cccc(-c3cccc4ccccc34)c1)C2(C)C. The minimum Gasteiger partial charge on any atom is -0.310 e. The average molecular weight is 736 g/mol. The molecule has 0 saturated heterocycles. The van der Waals surface area contributed by atoms with Gasteiger partial charge >= 0.3 is 0 Å². The maximum Gasteiger partial charge on any atom is 0.0540 e. The van der Waals surface area contributed by atoms with Crippen LogP contribution in [0.5, 0.6) is 0 Å². The molecule has 0 atom stereocenters. The molecule has 1 heteroatoms. The summed E-state index contributed by atoms with van der Waals surface area (Å²) in [5.74, 6) is 0. The van der Waals surface area contributed by atoms with Crippen LogP contribution >= 0.6 is 0 Å². The lowest BCUT2D eigenvalue weighted by molar-refractivity contribution is 0.576. The fourth-order valence-electron chi connectivity index (χ4n) is 9.68. The molecule has 0 radical (unpaired) electrons. The summed E-state index contributed by atoms with van der Waals surface area (Å²) in [5.41, 5.74) is 20.4. The second-order valence-corrected chi connectivity index (χ2v) is 18.2. The van der Waals surface area contributed by atoms with Crippen LogP contribution in [-0.2, 0) is 16.2 Å². The Morgan fingerprint density at radius 3 is 1.82 bits per heavy atom. The van der Waals surface area contributed by atoms with Gasteiger partial charge in [-0.15, -0.1) is 0 Å². The highest BCUT2D eigenvalue weighted by atomic mass is 15.1. The van der Waals surface area contributed by atoms with Crippen molar-refractivity contribution in [1.29, 1.82) is 0 Å². The van der Waals surface area contributed by atoms with Crippen molar-refractivity contribution < 1.29 is 0 Å². The Labute approximate surface area is 338 Å². The normalized spacial score (nSPS) is 14.5. The van der Waals surface area contributed by atoms with Crippen LogP contribution in [0, 0.1) is 0 Å². The Balaban J connectivity index is 1.23. The molecular formula is C56H49N. The molecule has 0 aliphatic heterocycles. The van der Waals surface area contributed by atoms with Crippen molar-refractivity contribution in [3.8, 4) is 44.5 Å². The van der Waals surface area contributed by atoms with Crippen molar-refractivity contribution in [2.24, 2.45) is 0 Å². The van der Waals surface area contributed by atoms with E-state index < -0.39 is 0 Å². The molecule has 10 rings (SSSR count). The molecule has 0 saturated carbocycles. The zero-order chi connectivity index (χ0) is 39.3. The molecule has 0 amide bonds. The first-order valence-corrected chi connectivity index (χ1v) is 20.4. The summed E-state index contributed by atoms with van der Waals surface area (Å²) in [6.07, 6.45) is 0. The second kappa shape index (κ2) is 12.7. The van der Waals surface area contributed by atoms with Gasteiger partial charge in [0, 0.05) is 27.8 Å². The minimum atomic E-state index is -0.222. The Morgan fingerprint density at radius 2 is 1.05 bits per heavy atom. The van der Waals surface area contributed by atoms with E-state index in [2.05, 4.69) is 223 Å². The van der Waals surface area contributed by atoms with E-state index in [4.69, 9.17) is 0 Å². The van der Waals surface area contributed by atoms with Crippen LogP contribution in [0.4, 0.5) is 17.1 Å². The van der Waals surface area contributed by atoms with Crippen molar-refractivity contribution >= 4 is 27.8 Å². The molecule has 0 heterocycles. The lowest BCUT2D eigenvalue weighted by atomic mass is 9.69. The Bertz CT molecular complexity index is 2860. The number of hydrogen-bond donors (Lipinski definition) is 0. The minimum absolute atomic E-state index is 0.0316. The molecule has 0 unspecified atom stereocenters. The van der Waals surface area contributed by atoms with Crippen LogP contribution in [0.3, 0.4) is 0 Å². The van der Waals surface area contributed by atoms with Gasteiger partial charge in [-0.05, 0) is 119 Å². The van der Waals surface area contributed by atoms with Gasteiger partial charge in [-0.3, -0.25) is 0 Å². The van der Waals surface area contributed by atoms with Gasteiger partial charge in [-0.1, -0.05) is 182 Å². The quantitative estimate of drug-likeness (QED) is 0.170. The van der Waals surface area contributed by atoms with E-state index in [9.17, 15) is 0 Å². The molecule has 8 aromatic carbocycles. The smallest absolute Gasteiger partial charge is 0.0540 e. The number of anilines is 3. The molecule has 57 heavy (non-hydrogen) atoms. The topological polar surface area (TPSA) is 3.24 Å². The molecule has 0 N–H and O–H groups in total. The van der Waals surface area contributed by atoms with Gasteiger partial charge in [0.25, 0.3) is 0 Å². The number of rotatable bonds is 5. The third-order valence-electron chi connectivity index (χ3n) is 13.0. The van der Waals surface area contributed by atoms with Crippen molar-refractivity contribution in [3.05, 3.63) is 198 Å². The fraction of sp³-hybridized carbons (Fsp3) is 0.179. The van der Waals surface area contributed by atoms with Crippen LogP contribution < -0.4 is 4.90 Å². The number of hydrogen-bond acceptors (Lipinski definition) is 1. The van der Waals surface area contributed by atoms with Crippen molar-refractivity contribution in [2.75, 3.05) is 4.90 Å². The maximum absolute atomic E-state index is 2.53. The first-order valence-electron chi connectivity index (χ1n) is 20.4. The Hall–Kier alpha value is -6.18. The van der Waals surface area contributed by atoms with E-state index in [0.717, 1.165) is 11.4 Å². The predicted molar refractivity (Wildman–Crippen MR) is 243 cm³/mol. The molecule has 0 aromatic heterocycles. The molecule has 8 aromatic rings. The van der Waals surface area contributed by atoms with Crippen LogP contribution in [0.1, 0.15) is 76.3 Å². The average Bonchev–Trinajstić information content (AvgIpc) is 3.46. The summed E-state index contributed by atoms with van der Waals surface area (Å²) < 4.78 is 0. The summed E-state index contributed by atoms with van der Waals surface area (Å²) in [6.45, 7) is 16.8. The standard InChI is InChI=1S/C56H49N/c1-54(2,3)41-34-49-53-50(35-41)56(6,7)48-25-15-24-46(52(48)53)47-33-40(55(49,4)5)28-31-51(47)57(42-29-26-37(27-30-42)36-16-9-8-10-17-36)43-21-13-20-39(32-43)45-23-14-19-38-18-11-12-22-44(38)45/h8-35H,1-7H3. The van der Waals surface area contributed by atoms with E-state index in [1.165, 1.54) is 88.8 Å². The van der Waals surface area contributed by atoms with Gasteiger partial charge in [0.05, 0.1) is 5.69 Å². The van der Waals surface area contributed by atoms with Crippen LogP contribution in [0.25, 0.3) is 55.3 Å². The van der Waals surface area contributed by atoms with Gasteiger partial charge in [0.15, 0.2) is 0 Å². The van der Waals surface area contributed by atoms with E-state index in [0.29, 0.717) is 0 Å². The van der Waals surface area contributed by atoms with Crippen LogP contribution in [0.2, 0.25) is 0 Å². The molecule has 2 bridgehead atoms. The molecule has 2 aliphatic rings. The second-order valence-electron chi connectivity index (χ2n) is 18.2. The van der Waals surface area contributed by atoms with Gasteiger partial charge in [-0.25, -0.2) is 0 Å².